The molecule has 0 saturated heterocycles. The molecule has 0 radical (unpaired) electrons. The molecule has 2 rings (SSSR count). The van der Waals surface area contributed by atoms with Gasteiger partial charge in [0, 0.05) is 11.1 Å². The molecule has 0 aliphatic heterocycles. The fourth-order valence-electron chi connectivity index (χ4n) is 1.99. The second kappa shape index (κ2) is 4.39. The van der Waals surface area contributed by atoms with E-state index >= 15 is 0 Å². The van der Waals surface area contributed by atoms with E-state index in [0.717, 1.165) is 28.9 Å². The van der Waals surface area contributed by atoms with E-state index in [1.165, 1.54) is 7.11 Å². The van der Waals surface area contributed by atoms with Gasteiger partial charge in [0.25, 0.3) is 0 Å². The van der Waals surface area contributed by atoms with Crippen molar-refractivity contribution in [2.75, 3.05) is 14.2 Å². The minimum Gasteiger partial charge on any atom is -0.496 e. The minimum atomic E-state index is -0.242. The molecular weight excluding hydrogens is 204 g/mol. The molecule has 3 heteroatoms. The zero-order chi connectivity index (χ0) is 11.5. The summed E-state index contributed by atoms with van der Waals surface area (Å²) in [6.07, 6.45) is 3.41. The molecular formula is C13H14O3. The zero-order valence-corrected chi connectivity index (χ0v) is 9.45. The first-order chi connectivity index (χ1) is 7.76. The van der Waals surface area contributed by atoms with Crippen LogP contribution in [-0.4, -0.2) is 20.2 Å². The van der Waals surface area contributed by atoms with Gasteiger partial charge in [-0.05, 0) is 30.5 Å². The lowest BCUT2D eigenvalue weighted by Crippen LogP contribution is -2.10. The maximum atomic E-state index is 11.4. The van der Waals surface area contributed by atoms with Crippen molar-refractivity contribution in [3.05, 3.63) is 34.9 Å². The average molecular weight is 218 g/mol. The van der Waals surface area contributed by atoms with Gasteiger partial charge in [0.05, 0.1) is 14.2 Å². The highest BCUT2D eigenvalue weighted by atomic mass is 16.5. The summed E-state index contributed by atoms with van der Waals surface area (Å²) in [5, 5.41) is 0. The predicted molar refractivity (Wildman–Crippen MR) is 61.3 cm³/mol. The first kappa shape index (κ1) is 10.7. The number of hydrogen-bond donors (Lipinski definition) is 0. The highest BCUT2D eigenvalue weighted by molar-refractivity contribution is 5.94. The summed E-state index contributed by atoms with van der Waals surface area (Å²) in [6, 6.07) is 5.85. The molecule has 0 amide bonds. The van der Waals surface area contributed by atoms with Crippen LogP contribution in [0.2, 0.25) is 0 Å². The first-order valence-electron chi connectivity index (χ1n) is 5.21. The predicted octanol–water partition coefficient (Wildman–Crippen LogP) is 2.20. The smallest absolute Gasteiger partial charge is 0.333 e. The van der Waals surface area contributed by atoms with Crippen LogP contribution in [0.15, 0.2) is 23.8 Å². The lowest BCUT2D eigenvalue weighted by atomic mass is 9.91. The topological polar surface area (TPSA) is 35.5 Å². The Labute approximate surface area is 94.7 Å². The van der Waals surface area contributed by atoms with Crippen LogP contribution in [-0.2, 0) is 16.0 Å². The van der Waals surface area contributed by atoms with Crippen molar-refractivity contribution in [3.63, 3.8) is 0 Å². The third-order valence-corrected chi connectivity index (χ3v) is 2.81. The second-order valence-corrected chi connectivity index (χ2v) is 3.69. The molecule has 0 spiro atoms. The average Bonchev–Trinajstić information content (AvgIpc) is 2.36. The highest BCUT2D eigenvalue weighted by Gasteiger charge is 2.18. The summed E-state index contributed by atoms with van der Waals surface area (Å²) in [5.74, 6) is 0.645. The number of hydrogen-bond acceptors (Lipinski definition) is 3. The number of esters is 1. The summed E-state index contributed by atoms with van der Waals surface area (Å²) in [4.78, 5) is 11.4. The highest BCUT2D eigenvalue weighted by Crippen LogP contribution is 2.31. The van der Waals surface area contributed by atoms with Crippen molar-refractivity contribution < 1.29 is 14.3 Å². The van der Waals surface area contributed by atoms with E-state index in [2.05, 4.69) is 0 Å². The van der Waals surface area contributed by atoms with Gasteiger partial charge in [-0.15, -0.1) is 0 Å². The summed E-state index contributed by atoms with van der Waals surface area (Å²) in [7, 11) is 3.07. The number of methoxy groups -OCH3 is 2. The molecule has 1 aromatic rings. The van der Waals surface area contributed by atoms with Gasteiger partial charge in [-0.1, -0.05) is 12.1 Å². The monoisotopic (exact) mass is 218 g/mol. The maximum absolute atomic E-state index is 11.4. The van der Waals surface area contributed by atoms with Gasteiger partial charge in [0.1, 0.15) is 5.75 Å². The number of rotatable bonds is 2. The van der Waals surface area contributed by atoms with Crippen LogP contribution in [0.25, 0.3) is 6.08 Å². The number of carbonyl (C=O) groups excluding carboxylic acids is 1. The lowest BCUT2D eigenvalue weighted by Gasteiger charge is -2.17. The molecule has 1 aliphatic carbocycles. The molecule has 1 aromatic carbocycles. The molecule has 0 N–H and O–H groups in total. The summed E-state index contributed by atoms with van der Waals surface area (Å²) in [5.41, 5.74) is 2.94. The number of fused-ring (bicyclic) bond motifs is 1. The van der Waals surface area contributed by atoms with Gasteiger partial charge in [0.15, 0.2) is 0 Å². The third kappa shape index (κ3) is 1.81. The van der Waals surface area contributed by atoms with Gasteiger partial charge in [-0.3, -0.25) is 0 Å². The van der Waals surface area contributed by atoms with Crippen molar-refractivity contribution in [2.24, 2.45) is 0 Å². The molecule has 0 aromatic heterocycles. The van der Waals surface area contributed by atoms with E-state index in [-0.39, 0.29) is 5.97 Å². The standard InChI is InChI=1S/C13H14O3/c1-15-12-5-3-4-9-8-10(13(14)16-2)6-7-11(9)12/h3-5,8H,6-7H2,1-2H3. The SMILES string of the molecule is COC(=O)C1=Cc2cccc(OC)c2CC1. The van der Waals surface area contributed by atoms with Gasteiger partial charge in [-0.2, -0.15) is 0 Å². The van der Waals surface area contributed by atoms with Crippen molar-refractivity contribution in [3.8, 4) is 5.75 Å². The first-order valence-corrected chi connectivity index (χ1v) is 5.21. The van der Waals surface area contributed by atoms with Crippen molar-refractivity contribution >= 4 is 12.0 Å². The molecule has 0 bridgehead atoms. The zero-order valence-electron chi connectivity index (χ0n) is 9.45. The number of benzene rings is 1. The van der Waals surface area contributed by atoms with E-state index in [4.69, 9.17) is 9.47 Å². The van der Waals surface area contributed by atoms with Crippen LogP contribution < -0.4 is 4.74 Å². The fraction of sp³-hybridized carbons (Fsp3) is 0.308. The Balaban J connectivity index is 2.41. The molecule has 0 saturated carbocycles. The molecule has 0 fully saturated rings. The van der Waals surface area contributed by atoms with E-state index < -0.39 is 0 Å². The van der Waals surface area contributed by atoms with E-state index in [9.17, 15) is 4.79 Å². The number of carbonyl (C=O) groups is 1. The normalized spacial score (nSPS) is 13.8. The second-order valence-electron chi connectivity index (χ2n) is 3.69. The van der Waals surface area contributed by atoms with E-state index in [1.807, 2.05) is 24.3 Å². The van der Waals surface area contributed by atoms with Crippen molar-refractivity contribution in [1.82, 2.24) is 0 Å². The Bertz CT molecular complexity index is 446. The Morgan fingerprint density at radius 3 is 2.75 bits per heavy atom. The maximum Gasteiger partial charge on any atom is 0.333 e. The summed E-state index contributed by atoms with van der Waals surface area (Å²) < 4.78 is 10.0. The van der Waals surface area contributed by atoms with Crippen LogP contribution in [0.1, 0.15) is 17.5 Å². The molecule has 0 atom stereocenters. The van der Waals surface area contributed by atoms with E-state index in [1.54, 1.807) is 7.11 Å². The fourth-order valence-corrected chi connectivity index (χ4v) is 1.99. The lowest BCUT2D eigenvalue weighted by molar-refractivity contribution is -0.136. The molecule has 1 aliphatic rings. The molecule has 3 nitrogen and oxygen atoms in total. The van der Waals surface area contributed by atoms with Crippen molar-refractivity contribution in [1.29, 1.82) is 0 Å². The van der Waals surface area contributed by atoms with E-state index in [0.29, 0.717) is 6.42 Å². The van der Waals surface area contributed by atoms with Crippen LogP contribution in [0.5, 0.6) is 5.75 Å². The Morgan fingerprint density at radius 1 is 1.25 bits per heavy atom. The van der Waals surface area contributed by atoms with Gasteiger partial charge < -0.3 is 9.47 Å². The van der Waals surface area contributed by atoms with Crippen LogP contribution >= 0.6 is 0 Å². The summed E-state index contributed by atoms with van der Waals surface area (Å²) in [6.45, 7) is 0. The summed E-state index contributed by atoms with van der Waals surface area (Å²) >= 11 is 0. The van der Waals surface area contributed by atoms with Gasteiger partial charge in [-0.25, -0.2) is 4.79 Å². The van der Waals surface area contributed by atoms with Crippen LogP contribution in [0.3, 0.4) is 0 Å². The van der Waals surface area contributed by atoms with Crippen molar-refractivity contribution in [2.45, 2.75) is 12.8 Å². The van der Waals surface area contributed by atoms with Gasteiger partial charge in [0.2, 0.25) is 0 Å². The quantitative estimate of drug-likeness (QED) is 0.714. The molecule has 84 valence electrons. The largest absolute Gasteiger partial charge is 0.496 e. The molecule has 0 heterocycles. The Kier molecular flexibility index (Phi) is 2.95. The van der Waals surface area contributed by atoms with Gasteiger partial charge >= 0.3 is 5.97 Å². The van der Waals surface area contributed by atoms with Crippen LogP contribution in [0, 0.1) is 0 Å². The Hall–Kier alpha value is -1.77. The van der Waals surface area contributed by atoms with Crippen LogP contribution in [0.4, 0.5) is 0 Å². The third-order valence-electron chi connectivity index (χ3n) is 2.81. The molecule has 0 unspecified atom stereocenters. The minimum absolute atomic E-state index is 0.242. The molecule has 16 heavy (non-hydrogen) atoms. The Morgan fingerprint density at radius 2 is 2.06 bits per heavy atom. The number of ether oxygens (including phenoxy) is 2.